The van der Waals surface area contributed by atoms with Crippen molar-refractivity contribution in [2.24, 2.45) is 0 Å². The molecule has 17 heavy (non-hydrogen) atoms. The Bertz CT molecular complexity index is 326. The van der Waals surface area contributed by atoms with Gasteiger partial charge in [-0.1, -0.05) is 24.0 Å². The van der Waals surface area contributed by atoms with Crippen LogP contribution in [-0.4, -0.2) is 58.1 Å². The number of morpholine rings is 1. The molecule has 0 N–H and O–H groups in total. The summed E-state index contributed by atoms with van der Waals surface area (Å²) in [5.74, 6) is 0.160. The fraction of sp³-hybridized carbons (Fsp3) is 0.700. The number of imide groups is 1. The summed E-state index contributed by atoms with van der Waals surface area (Å²) in [5, 5.41) is 0. The molecule has 0 aliphatic carbocycles. The molecular weight excluding hydrogens is 260 g/mol. The van der Waals surface area contributed by atoms with Crippen molar-refractivity contribution >= 4 is 40.1 Å². The van der Waals surface area contributed by atoms with E-state index in [0.717, 1.165) is 17.4 Å². The molecule has 2 fully saturated rings. The molecule has 0 unspecified atom stereocenters. The van der Waals surface area contributed by atoms with Crippen molar-refractivity contribution in [3.63, 3.8) is 0 Å². The summed E-state index contributed by atoms with van der Waals surface area (Å²) in [5.41, 5.74) is 0. The van der Waals surface area contributed by atoms with Crippen LogP contribution in [0.2, 0.25) is 0 Å². The van der Waals surface area contributed by atoms with E-state index >= 15 is 0 Å². The fourth-order valence-corrected chi connectivity index (χ4v) is 2.96. The monoisotopic (exact) mass is 274 g/mol. The van der Waals surface area contributed by atoms with E-state index in [2.05, 4.69) is 4.90 Å². The molecule has 5 nitrogen and oxygen atoms in total. The molecule has 2 rings (SSSR count). The highest BCUT2D eigenvalue weighted by Crippen LogP contribution is 2.18. The van der Waals surface area contributed by atoms with Crippen molar-refractivity contribution in [1.29, 1.82) is 0 Å². The quantitative estimate of drug-likeness (QED) is 0.538. The maximum Gasteiger partial charge on any atom is 0.230 e. The van der Waals surface area contributed by atoms with Crippen LogP contribution in [0.5, 0.6) is 0 Å². The second-order valence-electron chi connectivity index (χ2n) is 3.85. The first-order chi connectivity index (χ1) is 8.18. The van der Waals surface area contributed by atoms with E-state index in [0.29, 0.717) is 31.9 Å². The molecular formula is C10H14N2O3S2. The van der Waals surface area contributed by atoms with Crippen molar-refractivity contribution in [3.8, 4) is 0 Å². The van der Waals surface area contributed by atoms with Crippen LogP contribution in [0.1, 0.15) is 12.8 Å². The Hall–Kier alpha value is -0.660. The maximum absolute atomic E-state index is 11.4. The topological polar surface area (TPSA) is 49.9 Å². The number of carbonyl (C=O) groups excluding carboxylic acids is 2. The first-order valence-corrected chi connectivity index (χ1v) is 6.90. The van der Waals surface area contributed by atoms with Crippen LogP contribution in [0.15, 0.2) is 0 Å². The second kappa shape index (κ2) is 5.79. The number of ether oxygens (including phenoxy) is 1. The molecule has 0 bridgehead atoms. The number of amides is 2. The van der Waals surface area contributed by atoms with Gasteiger partial charge in [-0.15, -0.1) is 0 Å². The van der Waals surface area contributed by atoms with Gasteiger partial charge in [-0.3, -0.25) is 14.5 Å². The highest BCUT2D eigenvalue weighted by Gasteiger charge is 2.29. The van der Waals surface area contributed by atoms with Crippen molar-refractivity contribution in [1.82, 2.24) is 9.80 Å². The molecule has 2 aliphatic rings. The first-order valence-electron chi connectivity index (χ1n) is 5.51. The highest BCUT2D eigenvalue weighted by molar-refractivity contribution is 8.22. The predicted molar refractivity (Wildman–Crippen MR) is 68.5 cm³/mol. The smallest absolute Gasteiger partial charge is 0.230 e. The minimum atomic E-state index is -0.0905. The zero-order valence-corrected chi connectivity index (χ0v) is 11.0. The number of thioether (sulfide) groups is 1. The summed E-state index contributed by atoms with van der Waals surface area (Å²) in [4.78, 5) is 26.1. The van der Waals surface area contributed by atoms with Crippen LogP contribution >= 0.6 is 24.0 Å². The van der Waals surface area contributed by atoms with Crippen molar-refractivity contribution < 1.29 is 14.3 Å². The van der Waals surface area contributed by atoms with Crippen molar-refractivity contribution in [3.05, 3.63) is 0 Å². The molecule has 0 radical (unpaired) electrons. The third-order valence-electron chi connectivity index (χ3n) is 2.74. The van der Waals surface area contributed by atoms with E-state index in [4.69, 9.17) is 17.0 Å². The normalized spacial score (nSPS) is 21.2. The fourth-order valence-electron chi connectivity index (χ4n) is 1.72. The number of hydrogen-bond acceptors (Lipinski definition) is 5. The van der Waals surface area contributed by atoms with Crippen LogP contribution in [0.4, 0.5) is 0 Å². The minimum absolute atomic E-state index is 0.0905. The Balaban J connectivity index is 1.79. The van der Waals surface area contributed by atoms with E-state index in [-0.39, 0.29) is 11.8 Å². The van der Waals surface area contributed by atoms with E-state index < -0.39 is 0 Å². The average molecular weight is 274 g/mol. The van der Waals surface area contributed by atoms with Gasteiger partial charge < -0.3 is 9.64 Å². The van der Waals surface area contributed by atoms with E-state index in [1.807, 2.05) is 0 Å². The van der Waals surface area contributed by atoms with Gasteiger partial charge in [-0.25, -0.2) is 0 Å². The van der Waals surface area contributed by atoms with Crippen LogP contribution in [0.3, 0.4) is 0 Å². The second-order valence-corrected chi connectivity index (χ2v) is 5.43. The number of likely N-dealkylation sites (tertiary alicyclic amines) is 1. The Kier molecular flexibility index (Phi) is 4.36. The number of hydrogen-bond donors (Lipinski definition) is 0. The Morgan fingerprint density at radius 1 is 1.24 bits per heavy atom. The lowest BCUT2D eigenvalue weighted by Crippen LogP contribution is -2.39. The molecule has 2 heterocycles. The molecule has 0 aromatic rings. The summed E-state index contributed by atoms with van der Waals surface area (Å²) >= 11 is 6.64. The summed E-state index contributed by atoms with van der Waals surface area (Å²) < 4.78 is 5.97. The molecule has 2 aliphatic heterocycles. The van der Waals surface area contributed by atoms with Gasteiger partial charge in [0.2, 0.25) is 11.8 Å². The highest BCUT2D eigenvalue weighted by atomic mass is 32.2. The molecule has 0 saturated carbocycles. The number of nitrogens with zero attached hydrogens (tertiary/aromatic N) is 2. The van der Waals surface area contributed by atoms with Gasteiger partial charge in [-0.2, -0.15) is 0 Å². The molecule has 7 heteroatoms. The van der Waals surface area contributed by atoms with Crippen LogP contribution in [0, 0.1) is 0 Å². The predicted octanol–water partition coefficient (Wildman–Crippen LogP) is 0.443. The maximum atomic E-state index is 11.4. The van der Waals surface area contributed by atoms with Gasteiger partial charge in [0.25, 0.3) is 0 Å². The number of rotatable bonds is 2. The number of carbonyl (C=O) groups is 2. The van der Waals surface area contributed by atoms with Gasteiger partial charge in [-0.05, 0) is 0 Å². The standard InChI is InChI=1S/C10H14N2O3S2/c13-8-1-2-9(14)12(8)7-17-10(16)11-3-5-15-6-4-11/h1-7H2. The van der Waals surface area contributed by atoms with Gasteiger partial charge in [0.15, 0.2) is 0 Å². The van der Waals surface area contributed by atoms with Crippen molar-refractivity contribution in [2.45, 2.75) is 12.8 Å². The van der Waals surface area contributed by atoms with E-state index in [1.165, 1.54) is 16.7 Å². The Morgan fingerprint density at radius 3 is 2.41 bits per heavy atom. The molecule has 0 atom stereocenters. The van der Waals surface area contributed by atoms with Crippen LogP contribution in [0.25, 0.3) is 0 Å². The van der Waals surface area contributed by atoms with Gasteiger partial charge in [0.1, 0.15) is 4.32 Å². The lowest BCUT2D eigenvalue weighted by atomic mass is 10.4. The summed E-state index contributed by atoms with van der Waals surface area (Å²) in [6.07, 6.45) is 0.674. The van der Waals surface area contributed by atoms with Gasteiger partial charge >= 0.3 is 0 Å². The first kappa shape index (κ1) is 12.8. The molecule has 2 saturated heterocycles. The molecule has 94 valence electrons. The summed E-state index contributed by atoms with van der Waals surface area (Å²) in [6, 6.07) is 0. The Labute approximate surface area is 109 Å². The molecule has 2 amide bonds. The zero-order chi connectivity index (χ0) is 12.3. The molecule has 0 aromatic carbocycles. The third kappa shape index (κ3) is 3.17. The largest absolute Gasteiger partial charge is 0.378 e. The number of thiocarbonyl (C=S) groups is 1. The zero-order valence-electron chi connectivity index (χ0n) is 9.39. The van der Waals surface area contributed by atoms with Crippen LogP contribution in [-0.2, 0) is 14.3 Å². The Morgan fingerprint density at radius 2 is 1.82 bits per heavy atom. The summed E-state index contributed by atoms with van der Waals surface area (Å²) in [6.45, 7) is 2.94. The molecule has 0 aromatic heterocycles. The average Bonchev–Trinajstić information content (AvgIpc) is 2.67. The van der Waals surface area contributed by atoms with Crippen molar-refractivity contribution in [2.75, 3.05) is 32.2 Å². The lowest BCUT2D eigenvalue weighted by molar-refractivity contribution is -0.137. The van der Waals surface area contributed by atoms with Gasteiger partial charge in [0, 0.05) is 25.9 Å². The van der Waals surface area contributed by atoms with E-state index in [9.17, 15) is 9.59 Å². The third-order valence-corrected chi connectivity index (χ3v) is 4.25. The summed E-state index contributed by atoms with van der Waals surface area (Å²) in [7, 11) is 0. The SMILES string of the molecule is O=C1CCC(=O)N1CSC(=S)N1CCOCC1. The lowest BCUT2D eigenvalue weighted by Gasteiger charge is -2.29. The van der Waals surface area contributed by atoms with E-state index in [1.54, 1.807) is 0 Å². The van der Waals surface area contributed by atoms with Crippen LogP contribution < -0.4 is 0 Å². The van der Waals surface area contributed by atoms with Gasteiger partial charge in [0.05, 0.1) is 19.1 Å². The molecule has 0 spiro atoms. The minimum Gasteiger partial charge on any atom is -0.378 e.